The molecule has 0 aliphatic carbocycles. The van der Waals surface area contributed by atoms with E-state index in [4.69, 9.17) is 44.8 Å². The molecule has 0 bridgehead atoms. The molecule has 0 N–H and O–H groups in total. The molecule has 1 atom stereocenters. The highest BCUT2D eigenvalue weighted by Gasteiger charge is 2.15. The van der Waals surface area contributed by atoms with Crippen LogP contribution in [0.25, 0.3) is 6.08 Å². The van der Waals surface area contributed by atoms with E-state index in [0.717, 1.165) is 0 Å². The second-order valence-electron chi connectivity index (χ2n) is 5.19. The van der Waals surface area contributed by atoms with Gasteiger partial charge in [-0.3, -0.25) is 0 Å². The number of hydrogen-bond acceptors (Lipinski definition) is 4. The van der Waals surface area contributed by atoms with Gasteiger partial charge in [0.05, 0.1) is 12.2 Å². The van der Waals surface area contributed by atoms with E-state index < -0.39 is 12.1 Å². The van der Waals surface area contributed by atoms with Crippen LogP contribution in [0.1, 0.15) is 23.7 Å². The van der Waals surface area contributed by atoms with Gasteiger partial charge < -0.3 is 4.74 Å². The molecule has 0 amide bonds. The normalized spacial score (nSPS) is 12.2. The summed E-state index contributed by atoms with van der Waals surface area (Å²) in [6.07, 6.45) is 1.89. The number of benzene rings is 1. The third-order valence-corrected chi connectivity index (χ3v) is 4.45. The molecule has 0 aliphatic heterocycles. The molecule has 2 aromatic rings. The summed E-state index contributed by atoms with van der Waals surface area (Å²) >= 11 is 18.7. The van der Waals surface area contributed by atoms with Gasteiger partial charge in [-0.1, -0.05) is 40.9 Å². The summed E-state index contributed by atoms with van der Waals surface area (Å²) < 4.78 is 6.39. The van der Waals surface area contributed by atoms with Crippen LogP contribution in [-0.4, -0.2) is 21.9 Å². The quantitative estimate of drug-likeness (QED) is 0.542. The Kier molecular flexibility index (Phi) is 6.49. The lowest BCUT2D eigenvalue weighted by Gasteiger charge is -2.08. The minimum Gasteiger partial charge on any atom is -0.444 e. The number of aryl methyl sites for hydroxylation is 1. The number of carbonyl (C=O) groups excluding carboxylic acids is 1. The lowest BCUT2D eigenvalue weighted by atomic mass is 10.2. The van der Waals surface area contributed by atoms with Crippen LogP contribution >= 0.6 is 34.8 Å². The lowest BCUT2D eigenvalue weighted by Crippen LogP contribution is -2.10. The summed E-state index contributed by atoms with van der Waals surface area (Å²) in [5.74, 6) is -0.633. The molecular weight excluding hydrogens is 385 g/mol. The van der Waals surface area contributed by atoms with E-state index in [2.05, 4.69) is 5.10 Å². The zero-order chi connectivity index (χ0) is 18.6. The van der Waals surface area contributed by atoms with Crippen molar-refractivity contribution in [2.24, 2.45) is 0 Å². The molecule has 130 valence electrons. The average Bonchev–Trinajstić information content (AvgIpc) is 2.82. The Balaban J connectivity index is 2.24. The van der Waals surface area contributed by atoms with Crippen molar-refractivity contribution >= 4 is 46.8 Å². The van der Waals surface area contributed by atoms with Crippen molar-refractivity contribution in [1.29, 1.82) is 5.26 Å². The summed E-state index contributed by atoms with van der Waals surface area (Å²) in [5.41, 5.74) is 1.91. The number of nitrogens with zero attached hydrogens (tertiary/aromatic N) is 3. The molecule has 1 aromatic carbocycles. The third-order valence-electron chi connectivity index (χ3n) is 3.34. The Morgan fingerprint density at radius 3 is 2.64 bits per heavy atom. The molecule has 1 aromatic heterocycles. The van der Waals surface area contributed by atoms with Crippen LogP contribution in [0.4, 0.5) is 0 Å². The summed E-state index contributed by atoms with van der Waals surface area (Å²) in [5, 5.41) is 14.4. The maximum absolute atomic E-state index is 11.6. The first-order valence-electron chi connectivity index (χ1n) is 7.27. The first kappa shape index (κ1) is 19.3. The topological polar surface area (TPSA) is 67.9 Å². The van der Waals surface area contributed by atoms with Crippen molar-refractivity contribution in [3.05, 3.63) is 56.3 Å². The fourth-order valence-corrected chi connectivity index (χ4v) is 2.90. The molecule has 0 fully saturated rings. The molecule has 5 nitrogen and oxygen atoms in total. The zero-order valence-electron chi connectivity index (χ0n) is 13.5. The Bertz CT molecular complexity index is 849. The highest BCUT2D eigenvalue weighted by atomic mass is 35.5. The van der Waals surface area contributed by atoms with E-state index in [1.54, 1.807) is 29.8 Å². The molecule has 2 rings (SSSR count). The standard InChI is InChI=1S/C17H14Cl3N3O2/c1-10(8-21)25-16(24)7-6-12-11(2)22-23(17(12)20)9-13-14(18)4-3-5-15(13)19/h3-7,10H,9H2,1-2H3/b7-6+/t10-/m1/s1. The van der Waals surface area contributed by atoms with Crippen molar-refractivity contribution in [1.82, 2.24) is 9.78 Å². The number of nitriles is 1. The number of carbonyl (C=O) groups is 1. The largest absolute Gasteiger partial charge is 0.444 e. The predicted octanol–water partition coefficient (Wildman–Crippen LogP) is 4.67. The van der Waals surface area contributed by atoms with Crippen molar-refractivity contribution in [3.8, 4) is 6.07 Å². The molecule has 25 heavy (non-hydrogen) atoms. The van der Waals surface area contributed by atoms with Crippen molar-refractivity contribution < 1.29 is 9.53 Å². The van der Waals surface area contributed by atoms with Crippen molar-refractivity contribution in [2.45, 2.75) is 26.5 Å². The van der Waals surface area contributed by atoms with E-state index >= 15 is 0 Å². The van der Waals surface area contributed by atoms with E-state index in [1.165, 1.54) is 19.1 Å². The number of aromatic nitrogens is 2. The summed E-state index contributed by atoms with van der Waals surface area (Å²) in [6, 6.07) is 7.04. The van der Waals surface area contributed by atoms with Gasteiger partial charge in [-0.2, -0.15) is 10.4 Å². The van der Waals surface area contributed by atoms with Gasteiger partial charge in [0.1, 0.15) is 11.2 Å². The van der Waals surface area contributed by atoms with E-state index in [-0.39, 0.29) is 0 Å². The lowest BCUT2D eigenvalue weighted by molar-refractivity contribution is -0.139. The van der Waals surface area contributed by atoms with Gasteiger partial charge >= 0.3 is 5.97 Å². The smallest absolute Gasteiger partial charge is 0.332 e. The SMILES string of the molecule is Cc1nn(Cc2c(Cl)cccc2Cl)c(Cl)c1/C=C/C(=O)O[C@H](C)C#N. The molecule has 0 aliphatic rings. The van der Waals surface area contributed by atoms with Crippen LogP contribution in [0.15, 0.2) is 24.3 Å². The second-order valence-corrected chi connectivity index (χ2v) is 6.36. The Morgan fingerprint density at radius 2 is 2.04 bits per heavy atom. The Labute approximate surface area is 160 Å². The van der Waals surface area contributed by atoms with Crippen molar-refractivity contribution in [3.63, 3.8) is 0 Å². The monoisotopic (exact) mass is 397 g/mol. The van der Waals surface area contributed by atoms with Crippen LogP contribution in [0, 0.1) is 18.3 Å². The fourth-order valence-electron chi connectivity index (χ4n) is 2.09. The highest BCUT2D eigenvalue weighted by Crippen LogP contribution is 2.28. The van der Waals surface area contributed by atoms with Gasteiger partial charge in [-0.25, -0.2) is 9.48 Å². The fraction of sp³-hybridized carbons (Fsp3) is 0.235. The molecule has 0 radical (unpaired) electrons. The number of hydrogen-bond donors (Lipinski definition) is 0. The highest BCUT2D eigenvalue weighted by molar-refractivity contribution is 6.36. The van der Waals surface area contributed by atoms with Crippen molar-refractivity contribution in [2.75, 3.05) is 0 Å². The molecule has 8 heteroatoms. The van der Waals surface area contributed by atoms with Crippen LogP contribution in [0.2, 0.25) is 15.2 Å². The zero-order valence-corrected chi connectivity index (χ0v) is 15.7. The summed E-state index contributed by atoms with van der Waals surface area (Å²) in [4.78, 5) is 11.6. The maximum Gasteiger partial charge on any atom is 0.332 e. The minimum absolute atomic E-state index is 0.294. The van der Waals surface area contributed by atoms with Gasteiger partial charge in [0.2, 0.25) is 0 Å². The number of halogens is 3. The molecule has 0 saturated carbocycles. The van der Waals surface area contributed by atoms with Crippen LogP contribution in [0.3, 0.4) is 0 Å². The van der Waals surface area contributed by atoms with Gasteiger partial charge in [0.25, 0.3) is 0 Å². The van der Waals surface area contributed by atoms with Gasteiger partial charge in [0.15, 0.2) is 6.10 Å². The van der Waals surface area contributed by atoms with Gasteiger partial charge in [-0.15, -0.1) is 0 Å². The van der Waals surface area contributed by atoms with Crippen LogP contribution in [-0.2, 0) is 16.1 Å². The molecule has 0 unspecified atom stereocenters. The summed E-state index contributed by atoms with van der Waals surface area (Å²) in [6.45, 7) is 3.54. The maximum atomic E-state index is 11.6. The third kappa shape index (κ3) is 4.76. The molecular formula is C17H14Cl3N3O2. The van der Waals surface area contributed by atoms with Gasteiger partial charge in [-0.05, 0) is 32.1 Å². The Morgan fingerprint density at radius 1 is 1.40 bits per heavy atom. The number of rotatable bonds is 5. The van der Waals surface area contributed by atoms with Crippen LogP contribution < -0.4 is 0 Å². The van der Waals surface area contributed by atoms with E-state index in [0.29, 0.717) is 38.6 Å². The predicted molar refractivity (Wildman–Crippen MR) is 97.7 cm³/mol. The summed E-state index contributed by atoms with van der Waals surface area (Å²) in [7, 11) is 0. The van der Waals surface area contributed by atoms with E-state index in [9.17, 15) is 4.79 Å². The molecule has 0 spiro atoms. The average molecular weight is 399 g/mol. The van der Waals surface area contributed by atoms with Gasteiger partial charge in [0, 0.05) is 27.2 Å². The Hall–Kier alpha value is -2.00. The molecule has 1 heterocycles. The molecule has 0 saturated heterocycles. The minimum atomic E-state index is -0.821. The number of esters is 1. The van der Waals surface area contributed by atoms with E-state index in [1.807, 2.05) is 6.07 Å². The van der Waals surface area contributed by atoms with Crippen LogP contribution in [0.5, 0.6) is 0 Å². The first-order chi connectivity index (χ1) is 11.8. The first-order valence-corrected chi connectivity index (χ1v) is 8.41. The number of ether oxygens (including phenoxy) is 1. The second kappa shape index (κ2) is 8.39.